The molecule has 2 aromatic heterocycles. The van der Waals surface area contributed by atoms with Gasteiger partial charge in [0.15, 0.2) is 0 Å². The number of hydrogen-bond acceptors (Lipinski definition) is 2. The summed E-state index contributed by atoms with van der Waals surface area (Å²) in [7, 11) is 0. The predicted molar refractivity (Wildman–Crippen MR) is 60.3 cm³/mol. The van der Waals surface area contributed by atoms with E-state index in [2.05, 4.69) is 45.8 Å². The molecule has 1 nitrogen and oxygen atoms in total. The molecule has 0 aromatic carbocycles. The summed E-state index contributed by atoms with van der Waals surface area (Å²) >= 11 is 4.11. The van der Waals surface area contributed by atoms with Crippen molar-refractivity contribution in [1.82, 2.24) is 4.98 Å². The van der Waals surface area contributed by atoms with E-state index >= 15 is 0 Å². The van der Waals surface area contributed by atoms with Gasteiger partial charge in [0.05, 0.1) is 2.88 Å². The van der Waals surface area contributed by atoms with E-state index in [9.17, 15) is 0 Å². The first-order valence-electron chi connectivity index (χ1n) is 3.52. The SMILES string of the molecule is Ic1ccc(-c2cccnc2)s1. The molecule has 2 aromatic rings. The van der Waals surface area contributed by atoms with Crippen molar-refractivity contribution in [3.8, 4) is 10.4 Å². The zero-order valence-corrected chi connectivity index (χ0v) is 9.17. The normalized spacial score (nSPS) is 10.1. The van der Waals surface area contributed by atoms with Gasteiger partial charge in [-0.05, 0) is 40.8 Å². The lowest BCUT2D eigenvalue weighted by Gasteiger charge is -1.92. The summed E-state index contributed by atoms with van der Waals surface area (Å²) in [5, 5.41) is 0. The molecule has 0 spiro atoms. The maximum atomic E-state index is 4.07. The predicted octanol–water partition coefficient (Wildman–Crippen LogP) is 3.41. The van der Waals surface area contributed by atoms with E-state index in [4.69, 9.17) is 0 Å². The van der Waals surface area contributed by atoms with Gasteiger partial charge in [0.2, 0.25) is 0 Å². The Morgan fingerprint density at radius 3 is 2.75 bits per heavy atom. The smallest absolute Gasteiger partial charge is 0.0660 e. The number of nitrogens with zero attached hydrogens (tertiary/aromatic N) is 1. The van der Waals surface area contributed by atoms with E-state index in [1.54, 1.807) is 17.5 Å². The molecule has 0 aliphatic heterocycles. The van der Waals surface area contributed by atoms with Crippen LogP contribution in [0, 0.1) is 2.88 Å². The maximum Gasteiger partial charge on any atom is 0.0660 e. The van der Waals surface area contributed by atoms with Gasteiger partial charge in [0.1, 0.15) is 0 Å². The molecule has 0 unspecified atom stereocenters. The van der Waals surface area contributed by atoms with Gasteiger partial charge >= 0.3 is 0 Å². The summed E-state index contributed by atoms with van der Waals surface area (Å²) in [5.74, 6) is 0. The van der Waals surface area contributed by atoms with Crippen molar-refractivity contribution >= 4 is 33.9 Å². The minimum atomic E-state index is 1.20. The molecule has 12 heavy (non-hydrogen) atoms. The van der Waals surface area contributed by atoms with Crippen LogP contribution in [0.4, 0.5) is 0 Å². The molecule has 0 bridgehead atoms. The molecule has 0 N–H and O–H groups in total. The van der Waals surface area contributed by atoms with Gasteiger partial charge in [-0.25, -0.2) is 0 Å². The summed E-state index contributed by atoms with van der Waals surface area (Å²) in [6, 6.07) is 8.29. The van der Waals surface area contributed by atoms with E-state index in [1.807, 2.05) is 12.3 Å². The number of halogens is 1. The lowest BCUT2D eigenvalue weighted by atomic mass is 10.2. The van der Waals surface area contributed by atoms with Crippen LogP contribution in [0.1, 0.15) is 0 Å². The molecule has 0 saturated heterocycles. The molecule has 2 rings (SSSR count). The quantitative estimate of drug-likeness (QED) is 0.732. The average Bonchev–Trinajstić information content (AvgIpc) is 2.54. The topological polar surface area (TPSA) is 12.9 Å². The van der Waals surface area contributed by atoms with Crippen LogP contribution < -0.4 is 0 Å². The molecule has 2 heterocycles. The average molecular weight is 287 g/mol. The molecule has 0 aliphatic carbocycles. The van der Waals surface area contributed by atoms with E-state index in [-0.39, 0.29) is 0 Å². The molecule has 0 aliphatic rings. The fourth-order valence-electron chi connectivity index (χ4n) is 0.978. The Bertz CT molecular complexity index is 369. The van der Waals surface area contributed by atoms with E-state index in [0.29, 0.717) is 0 Å². The third kappa shape index (κ3) is 1.67. The zero-order chi connectivity index (χ0) is 8.39. The van der Waals surface area contributed by atoms with Gasteiger partial charge in [-0.1, -0.05) is 6.07 Å². The van der Waals surface area contributed by atoms with E-state index < -0.39 is 0 Å². The number of aromatic nitrogens is 1. The van der Waals surface area contributed by atoms with Crippen LogP contribution >= 0.6 is 33.9 Å². The highest BCUT2D eigenvalue weighted by Crippen LogP contribution is 2.27. The number of hydrogen-bond donors (Lipinski definition) is 0. The second-order valence-corrected chi connectivity index (χ2v) is 5.32. The van der Waals surface area contributed by atoms with Gasteiger partial charge in [0, 0.05) is 22.8 Å². The van der Waals surface area contributed by atoms with Crippen molar-refractivity contribution in [3.63, 3.8) is 0 Å². The second kappa shape index (κ2) is 3.53. The van der Waals surface area contributed by atoms with E-state index in [1.165, 1.54) is 13.3 Å². The largest absolute Gasteiger partial charge is 0.264 e. The zero-order valence-electron chi connectivity index (χ0n) is 6.20. The monoisotopic (exact) mass is 287 g/mol. The standard InChI is InChI=1S/C9H6INS/c10-9-4-3-8(12-9)7-2-1-5-11-6-7/h1-6H. The Kier molecular flexibility index (Phi) is 2.41. The van der Waals surface area contributed by atoms with Gasteiger partial charge in [0.25, 0.3) is 0 Å². The van der Waals surface area contributed by atoms with Crippen LogP contribution in [0.2, 0.25) is 0 Å². The van der Waals surface area contributed by atoms with Crippen LogP contribution in [-0.4, -0.2) is 4.98 Å². The lowest BCUT2D eigenvalue weighted by molar-refractivity contribution is 1.33. The third-order valence-electron chi connectivity index (χ3n) is 1.52. The molecule has 60 valence electrons. The highest BCUT2D eigenvalue weighted by Gasteiger charge is 1.99. The Morgan fingerprint density at radius 1 is 1.25 bits per heavy atom. The van der Waals surface area contributed by atoms with Crippen molar-refractivity contribution in [2.45, 2.75) is 0 Å². The summed E-state index contributed by atoms with van der Waals surface area (Å²) < 4.78 is 1.31. The Hall–Kier alpha value is -0.420. The lowest BCUT2D eigenvalue weighted by Crippen LogP contribution is -1.72. The molecule has 0 amide bonds. The van der Waals surface area contributed by atoms with Crippen molar-refractivity contribution in [2.75, 3.05) is 0 Å². The first kappa shape index (κ1) is 8.19. The molecular formula is C9H6INS. The van der Waals surface area contributed by atoms with Gasteiger partial charge in [-0.3, -0.25) is 4.98 Å². The highest BCUT2D eigenvalue weighted by molar-refractivity contribution is 14.1. The highest BCUT2D eigenvalue weighted by atomic mass is 127. The fourth-order valence-corrected chi connectivity index (χ4v) is 2.59. The van der Waals surface area contributed by atoms with Crippen LogP contribution in [0.25, 0.3) is 10.4 Å². The molecule has 0 atom stereocenters. The minimum Gasteiger partial charge on any atom is -0.264 e. The summed E-state index contributed by atoms with van der Waals surface area (Å²) in [4.78, 5) is 5.36. The first-order valence-corrected chi connectivity index (χ1v) is 5.41. The number of pyridine rings is 1. The van der Waals surface area contributed by atoms with Crippen molar-refractivity contribution in [1.29, 1.82) is 0 Å². The van der Waals surface area contributed by atoms with Gasteiger partial charge < -0.3 is 0 Å². The Morgan fingerprint density at radius 2 is 2.17 bits per heavy atom. The molecule has 3 heteroatoms. The van der Waals surface area contributed by atoms with Gasteiger partial charge in [-0.2, -0.15) is 0 Å². The third-order valence-corrected chi connectivity index (χ3v) is 3.46. The summed E-state index contributed by atoms with van der Waals surface area (Å²) in [6.07, 6.45) is 3.68. The molecular weight excluding hydrogens is 281 g/mol. The fraction of sp³-hybridized carbons (Fsp3) is 0. The minimum absolute atomic E-state index is 1.20. The van der Waals surface area contributed by atoms with Crippen LogP contribution in [0.5, 0.6) is 0 Å². The van der Waals surface area contributed by atoms with Crippen LogP contribution in [0.15, 0.2) is 36.7 Å². The molecule has 0 radical (unpaired) electrons. The summed E-state index contributed by atoms with van der Waals surface area (Å²) in [5.41, 5.74) is 1.20. The first-order chi connectivity index (χ1) is 5.86. The van der Waals surface area contributed by atoms with E-state index in [0.717, 1.165) is 0 Å². The molecule has 0 saturated carbocycles. The maximum absolute atomic E-state index is 4.07. The number of rotatable bonds is 1. The van der Waals surface area contributed by atoms with Crippen LogP contribution in [-0.2, 0) is 0 Å². The Balaban J connectivity index is 2.45. The Labute approximate surface area is 88.6 Å². The summed E-state index contributed by atoms with van der Waals surface area (Å²) in [6.45, 7) is 0. The second-order valence-electron chi connectivity index (χ2n) is 2.35. The molecule has 0 fully saturated rings. The van der Waals surface area contributed by atoms with Crippen LogP contribution in [0.3, 0.4) is 0 Å². The van der Waals surface area contributed by atoms with Gasteiger partial charge in [-0.15, -0.1) is 11.3 Å². The number of thiophene rings is 1. The van der Waals surface area contributed by atoms with Crippen molar-refractivity contribution < 1.29 is 0 Å². The van der Waals surface area contributed by atoms with Crippen molar-refractivity contribution in [3.05, 3.63) is 39.5 Å². The van der Waals surface area contributed by atoms with Crippen molar-refractivity contribution in [2.24, 2.45) is 0 Å².